The van der Waals surface area contributed by atoms with Crippen LogP contribution in [0.2, 0.25) is 0 Å². The number of amides is 2. The number of rotatable bonds is 3. The molecule has 3 unspecified atom stereocenters. The number of nitrogens with zero attached hydrogens (tertiary/aromatic N) is 2. The van der Waals surface area contributed by atoms with Crippen LogP contribution >= 0.6 is 11.3 Å². The minimum absolute atomic E-state index is 0.164. The van der Waals surface area contributed by atoms with Crippen molar-refractivity contribution < 1.29 is 9.59 Å². The molecule has 5 nitrogen and oxygen atoms in total. The summed E-state index contributed by atoms with van der Waals surface area (Å²) in [5.74, 6) is 0.0396. The summed E-state index contributed by atoms with van der Waals surface area (Å²) < 4.78 is 0. The molecular formula is C20H23N3O2S. The smallest absolute Gasteiger partial charge is 0.274 e. The first-order valence-electron chi connectivity index (χ1n) is 9.10. The minimum atomic E-state index is -0.497. The van der Waals surface area contributed by atoms with Crippen LogP contribution in [-0.4, -0.2) is 34.3 Å². The Bertz CT molecular complexity index is 858. The van der Waals surface area contributed by atoms with Gasteiger partial charge in [0.2, 0.25) is 5.91 Å². The molecule has 26 heavy (non-hydrogen) atoms. The third-order valence-electron chi connectivity index (χ3n) is 5.69. The topological polar surface area (TPSA) is 76.3 Å². The summed E-state index contributed by atoms with van der Waals surface area (Å²) in [5.41, 5.74) is 8.28. The fourth-order valence-electron chi connectivity index (χ4n) is 4.49. The number of aryl methyl sites for hydroxylation is 2. The number of primary amides is 1. The van der Waals surface area contributed by atoms with E-state index in [1.807, 2.05) is 38.1 Å². The van der Waals surface area contributed by atoms with Crippen LogP contribution in [0.4, 0.5) is 0 Å². The molecule has 1 aliphatic heterocycles. The molecule has 0 spiro atoms. The molecule has 136 valence electrons. The van der Waals surface area contributed by atoms with Gasteiger partial charge in [0.05, 0.1) is 9.88 Å². The van der Waals surface area contributed by atoms with Crippen molar-refractivity contribution in [2.75, 3.05) is 6.54 Å². The Morgan fingerprint density at radius 2 is 1.92 bits per heavy atom. The fourth-order valence-corrected chi connectivity index (χ4v) is 5.40. The molecule has 0 radical (unpaired) electrons. The van der Waals surface area contributed by atoms with Gasteiger partial charge in [-0.3, -0.25) is 9.59 Å². The molecular weight excluding hydrogens is 346 g/mol. The second-order valence-corrected chi connectivity index (χ2v) is 8.64. The Balaban J connectivity index is 1.70. The Labute approximate surface area is 157 Å². The number of aromatic nitrogens is 1. The van der Waals surface area contributed by atoms with Gasteiger partial charge in [-0.15, -0.1) is 11.3 Å². The zero-order valence-electron chi connectivity index (χ0n) is 15.1. The molecule has 3 atom stereocenters. The van der Waals surface area contributed by atoms with Crippen molar-refractivity contribution in [2.45, 2.75) is 39.2 Å². The van der Waals surface area contributed by atoms with E-state index in [-0.39, 0.29) is 11.8 Å². The number of thiazole rings is 1. The maximum Gasteiger partial charge on any atom is 0.274 e. The highest BCUT2D eigenvalue weighted by atomic mass is 32.1. The number of likely N-dealkylation sites (tertiary alicyclic amines) is 1. The van der Waals surface area contributed by atoms with Gasteiger partial charge in [-0.05, 0) is 44.1 Å². The third-order valence-corrected chi connectivity index (χ3v) is 6.71. The van der Waals surface area contributed by atoms with Crippen molar-refractivity contribution >= 4 is 23.2 Å². The summed E-state index contributed by atoms with van der Waals surface area (Å²) in [5, 5.41) is 0.846. The van der Waals surface area contributed by atoms with Crippen molar-refractivity contribution in [1.29, 1.82) is 0 Å². The summed E-state index contributed by atoms with van der Waals surface area (Å²) >= 11 is 1.52. The van der Waals surface area contributed by atoms with Gasteiger partial charge in [-0.1, -0.05) is 36.2 Å². The van der Waals surface area contributed by atoms with Crippen LogP contribution in [-0.2, 0) is 4.79 Å². The van der Waals surface area contributed by atoms with E-state index < -0.39 is 11.9 Å². The van der Waals surface area contributed by atoms with Crippen molar-refractivity contribution in [3.63, 3.8) is 0 Å². The fraction of sp³-hybridized carbons (Fsp3) is 0.450. The summed E-state index contributed by atoms with van der Waals surface area (Å²) in [6.07, 6.45) is 3.16. The van der Waals surface area contributed by atoms with E-state index in [0.717, 1.165) is 34.7 Å². The molecule has 2 heterocycles. The Morgan fingerprint density at radius 3 is 2.62 bits per heavy atom. The van der Waals surface area contributed by atoms with Crippen LogP contribution in [0.5, 0.6) is 0 Å². The van der Waals surface area contributed by atoms with Crippen molar-refractivity contribution in [2.24, 2.45) is 17.6 Å². The highest BCUT2D eigenvalue weighted by Gasteiger charge is 2.49. The summed E-state index contributed by atoms with van der Waals surface area (Å²) in [6.45, 7) is 4.55. The summed E-state index contributed by atoms with van der Waals surface area (Å²) in [7, 11) is 0. The molecule has 4 rings (SSSR count). The SMILES string of the molecule is Cc1ccc(-c2sc(C)nc2C(=O)N2CC3CCCC3C2C(N)=O)cc1. The van der Waals surface area contributed by atoms with Crippen LogP contribution < -0.4 is 5.73 Å². The molecule has 2 N–H and O–H groups in total. The molecule has 1 aliphatic carbocycles. The lowest BCUT2D eigenvalue weighted by Crippen LogP contribution is -2.46. The molecule has 2 fully saturated rings. The first kappa shape index (κ1) is 17.2. The number of carbonyl (C=O) groups excluding carboxylic acids is 2. The number of benzene rings is 1. The maximum absolute atomic E-state index is 13.3. The van der Waals surface area contributed by atoms with Crippen LogP contribution in [0.15, 0.2) is 24.3 Å². The predicted octanol–water partition coefficient (Wildman–Crippen LogP) is 3.15. The Morgan fingerprint density at radius 1 is 1.19 bits per heavy atom. The second-order valence-electron chi connectivity index (χ2n) is 7.44. The monoisotopic (exact) mass is 369 g/mol. The third kappa shape index (κ3) is 2.82. The number of hydrogen-bond donors (Lipinski definition) is 1. The molecule has 0 bridgehead atoms. The van der Waals surface area contributed by atoms with Gasteiger partial charge < -0.3 is 10.6 Å². The van der Waals surface area contributed by atoms with E-state index in [0.29, 0.717) is 18.2 Å². The number of carbonyl (C=O) groups is 2. The lowest BCUT2D eigenvalue weighted by molar-refractivity contribution is -0.122. The van der Waals surface area contributed by atoms with E-state index in [4.69, 9.17) is 5.73 Å². The second kappa shape index (κ2) is 6.50. The molecule has 1 saturated carbocycles. The van der Waals surface area contributed by atoms with Crippen molar-refractivity contribution in [1.82, 2.24) is 9.88 Å². The zero-order chi connectivity index (χ0) is 18.4. The summed E-state index contributed by atoms with van der Waals surface area (Å²) in [4.78, 5) is 32.5. The number of nitrogens with two attached hydrogens (primary N) is 1. The molecule has 1 aromatic carbocycles. The lowest BCUT2D eigenvalue weighted by Gasteiger charge is -2.25. The van der Waals surface area contributed by atoms with Gasteiger partial charge >= 0.3 is 0 Å². The van der Waals surface area contributed by atoms with Crippen LogP contribution in [0, 0.1) is 25.7 Å². The molecule has 1 saturated heterocycles. The average molecular weight is 369 g/mol. The zero-order valence-corrected chi connectivity index (χ0v) is 15.9. The normalized spacial score (nSPS) is 24.7. The van der Waals surface area contributed by atoms with E-state index in [1.54, 1.807) is 4.90 Å². The van der Waals surface area contributed by atoms with Crippen molar-refractivity contribution in [3.05, 3.63) is 40.5 Å². The van der Waals surface area contributed by atoms with E-state index in [9.17, 15) is 9.59 Å². The molecule has 2 aliphatic rings. The largest absolute Gasteiger partial charge is 0.368 e. The van der Waals surface area contributed by atoms with Crippen LogP contribution in [0.25, 0.3) is 10.4 Å². The van der Waals surface area contributed by atoms with Gasteiger partial charge in [-0.2, -0.15) is 0 Å². The lowest BCUT2D eigenvalue weighted by atomic mass is 9.93. The number of hydrogen-bond acceptors (Lipinski definition) is 4. The summed E-state index contributed by atoms with van der Waals surface area (Å²) in [6, 6.07) is 7.60. The van der Waals surface area contributed by atoms with Gasteiger partial charge in [-0.25, -0.2) is 4.98 Å². The van der Waals surface area contributed by atoms with Gasteiger partial charge in [0.1, 0.15) is 11.7 Å². The number of fused-ring (bicyclic) bond motifs is 1. The van der Waals surface area contributed by atoms with E-state index in [1.165, 1.54) is 16.9 Å². The van der Waals surface area contributed by atoms with Gasteiger partial charge in [0.15, 0.2) is 0 Å². The maximum atomic E-state index is 13.3. The first-order valence-corrected chi connectivity index (χ1v) is 9.92. The molecule has 2 aromatic rings. The molecule has 2 amide bonds. The van der Waals surface area contributed by atoms with E-state index >= 15 is 0 Å². The molecule has 6 heteroatoms. The standard InChI is InChI=1S/C20H23N3O2S/c1-11-6-8-13(9-7-11)18-16(22-12(2)26-18)20(25)23-10-14-4-3-5-15(14)17(23)19(21)24/h6-9,14-15,17H,3-5,10H2,1-2H3,(H2,21,24). The first-order chi connectivity index (χ1) is 12.5. The van der Waals surface area contributed by atoms with Crippen LogP contribution in [0.1, 0.15) is 40.3 Å². The van der Waals surface area contributed by atoms with Crippen molar-refractivity contribution in [3.8, 4) is 10.4 Å². The van der Waals surface area contributed by atoms with Gasteiger partial charge in [0, 0.05) is 6.54 Å². The average Bonchev–Trinajstić information content (AvgIpc) is 3.28. The predicted molar refractivity (Wildman–Crippen MR) is 102 cm³/mol. The van der Waals surface area contributed by atoms with E-state index in [2.05, 4.69) is 4.98 Å². The Kier molecular flexibility index (Phi) is 4.31. The highest BCUT2D eigenvalue weighted by Crippen LogP contribution is 2.43. The van der Waals surface area contributed by atoms with Gasteiger partial charge in [0.25, 0.3) is 5.91 Å². The highest BCUT2D eigenvalue weighted by molar-refractivity contribution is 7.15. The minimum Gasteiger partial charge on any atom is -0.368 e. The molecule has 1 aromatic heterocycles. The Hall–Kier alpha value is -2.21. The quantitative estimate of drug-likeness (QED) is 0.903. The van der Waals surface area contributed by atoms with Crippen LogP contribution in [0.3, 0.4) is 0 Å².